The molecule has 0 aromatic heterocycles. The van der Waals surface area contributed by atoms with Gasteiger partial charge in [0.05, 0.1) is 6.54 Å². The second-order valence-corrected chi connectivity index (χ2v) is 3.63. The minimum atomic E-state index is -0.523. The summed E-state index contributed by atoms with van der Waals surface area (Å²) < 4.78 is 0. The van der Waals surface area contributed by atoms with Crippen molar-refractivity contribution in [2.45, 2.75) is 26.8 Å². The highest BCUT2D eigenvalue weighted by molar-refractivity contribution is 5.87. The normalized spacial score (nSPS) is 12.4. The molecule has 5 heteroatoms. The molecule has 14 heavy (non-hydrogen) atoms. The molecular weight excluding hydrogens is 182 g/mol. The Kier molecular flexibility index (Phi) is 5.87. The predicted molar refractivity (Wildman–Crippen MR) is 54.5 cm³/mol. The van der Waals surface area contributed by atoms with Crippen LogP contribution < -0.4 is 16.4 Å². The summed E-state index contributed by atoms with van der Waals surface area (Å²) >= 11 is 0. The van der Waals surface area contributed by atoms with Gasteiger partial charge < -0.3 is 16.4 Å². The average Bonchev–Trinajstić information content (AvgIpc) is 2.13. The summed E-state index contributed by atoms with van der Waals surface area (Å²) in [4.78, 5) is 22.2. The molecule has 0 rings (SSSR count). The highest BCUT2D eigenvalue weighted by Gasteiger charge is 2.14. The topological polar surface area (TPSA) is 84.2 Å². The van der Waals surface area contributed by atoms with E-state index >= 15 is 0 Å². The van der Waals surface area contributed by atoms with Gasteiger partial charge in [-0.3, -0.25) is 9.59 Å². The quantitative estimate of drug-likeness (QED) is 0.545. The number of nitrogens with one attached hydrogen (secondary N) is 2. The second kappa shape index (κ2) is 6.37. The minimum Gasteiger partial charge on any atom is -0.354 e. The van der Waals surface area contributed by atoms with Crippen LogP contribution >= 0.6 is 0 Å². The summed E-state index contributed by atoms with van der Waals surface area (Å²) in [5.41, 5.74) is 5.10. The van der Waals surface area contributed by atoms with Crippen molar-refractivity contribution >= 4 is 11.8 Å². The van der Waals surface area contributed by atoms with Crippen LogP contribution in [0.15, 0.2) is 0 Å². The first-order valence-corrected chi connectivity index (χ1v) is 4.74. The van der Waals surface area contributed by atoms with Gasteiger partial charge in [0, 0.05) is 6.54 Å². The first kappa shape index (κ1) is 12.9. The summed E-state index contributed by atoms with van der Waals surface area (Å²) in [5, 5.41) is 5.19. The van der Waals surface area contributed by atoms with Gasteiger partial charge in [0.2, 0.25) is 11.8 Å². The number of hydrogen-bond acceptors (Lipinski definition) is 3. The molecule has 2 amide bonds. The first-order valence-electron chi connectivity index (χ1n) is 4.74. The number of hydrogen-bond donors (Lipinski definition) is 3. The zero-order chi connectivity index (χ0) is 11.1. The highest BCUT2D eigenvalue weighted by Crippen LogP contribution is 1.88. The molecule has 0 aliphatic carbocycles. The molecule has 5 nitrogen and oxygen atoms in total. The summed E-state index contributed by atoms with van der Waals surface area (Å²) in [6, 6.07) is -0.523. The lowest BCUT2D eigenvalue weighted by Crippen LogP contribution is -2.47. The molecule has 4 N–H and O–H groups in total. The van der Waals surface area contributed by atoms with E-state index < -0.39 is 6.04 Å². The van der Waals surface area contributed by atoms with Crippen LogP contribution in [-0.4, -0.2) is 30.9 Å². The van der Waals surface area contributed by atoms with Gasteiger partial charge in [0.25, 0.3) is 0 Å². The number of rotatable bonds is 5. The number of carbonyl (C=O) groups is 2. The van der Waals surface area contributed by atoms with Crippen molar-refractivity contribution in [1.82, 2.24) is 10.6 Å². The predicted octanol–water partition coefficient (Wildman–Crippen LogP) is -0.778. The van der Waals surface area contributed by atoms with Crippen LogP contribution in [0.4, 0.5) is 0 Å². The van der Waals surface area contributed by atoms with Crippen molar-refractivity contribution in [1.29, 1.82) is 0 Å². The maximum absolute atomic E-state index is 11.3. The Morgan fingerprint density at radius 1 is 1.29 bits per heavy atom. The van der Waals surface area contributed by atoms with Gasteiger partial charge in [0.15, 0.2) is 0 Å². The first-order chi connectivity index (χ1) is 6.47. The number of nitrogens with two attached hydrogens (primary N) is 1. The van der Waals surface area contributed by atoms with Crippen molar-refractivity contribution in [3.05, 3.63) is 0 Å². The maximum Gasteiger partial charge on any atom is 0.242 e. The van der Waals surface area contributed by atoms with Crippen molar-refractivity contribution < 1.29 is 9.59 Å². The Bertz CT molecular complexity index is 204. The third kappa shape index (κ3) is 5.53. The molecule has 0 aromatic rings. The van der Waals surface area contributed by atoms with Crippen LogP contribution in [0.2, 0.25) is 0 Å². The lowest BCUT2D eigenvalue weighted by Gasteiger charge is -2.14. The van der Waals surface area contributed by atoms with Crippen LogP contribution in [-0.2, 0) is 9.59 Å². The van der Waals surface area contributed by atoms with Crippen molar-refractivity contribution in [3.8, 4) is 0 Å². The Morgan fingerprint density at radius 2 is 1.86 bits per heavy atom. The summed E-state index contributed by atoms with van der Waals surface area (Å²) in [6.07, 6.45) is 0. The van der Waals surface area contributed by atoms with E-state index in [1.807, 2.05) is 13.8 Å². The summed E-state index contributed by atoms with van der Waals surface area (Å²) in [5.74, 6) is -0.103. The third-order valence-electron chi connectivity index (χ3n) is 1.64. The lowest BCUT2D eigenvalue weighted by atomic mass is 10.2. The monoisotopic (exact) mass is 201 g/mol. The van der Waals surface area contributed by atoms with E-state index in [4.69, 9.17) is 5.73 Å². The molecule has 0 aromatic carbocycles. The lowest BCUT2D eigenvalue weighted by molar-refractivity contribution is -0.128. The molecule has 0 spiro atoms. The molecule has 0 heterocycles. The van der Waals surface area contributed by atoms with Crippen LogP contribution in [0, 0.1) is 5.92 Å². The summed E-state index contributed by atoms with van der Waals surface area (Å²) in [6.45, 7) is 6.15. The standard InChI is InChI=1S/C9H19N3O2/c1-6(2)5-11-9(14)7(3)12-8(13)4-10/h6-7H,4-5,10H2,1-3H3,(H,11,14)(H,12,13). The number of carbonyl (C=O) groups excluding carboxylic acids is 2. The van der Waals surface area contributed by atoms with Crippen LogP contribution in [0.3, 0.4) is 0 Å². The third-order valence-corrected chi connectivity index (χ3v) is 1.64. The van der Waals surface area contributed by atoms with Crippen LogP contribution in [0.5, 0.6) is 0 Å². The molecule has 1 atom stereocenters. The van der Waals surface area contributed by atoms with Gasteiger partial charge in [-0.1, -0.05) is 13.8 Å². The van der Waals surface area contributed by atoms with Crippen LogP contribution in [0.1, 0.15) is 20.8 Å². The molecule has 0 aliphatic rings. The molecule has 0 radical (unpaired) electrons. The molecule has 0 saturated heterocycles. The van der Waals surface area contributed by atoms with E-state index in [0.29, 0.717) is 12.5 Å². The van der Waals surface area contributed by atoms with Crippen LogP contribution in [0.25, 0.3) is 0 Å². The smallest absolute Gasteiger partial charge is 0.242 e. The van der Waals surface area contributed by atoms with Gasteiger partial charge >= 0.3 is 0 Å². The largest absolute Gasteiger partial charge is 0.354 e. The Morgan fingerprint density at radius 3 is 2.29 bits per heavy atom. The van der Waals surface area contributed by atoms with E-state index in [1.165, 1.54) is 0 Å². The van der Waals surface area contributed by atoms with Gasteiger partial charge in [-0.05, 0) is 12.8 Å². The Labute approximate surface area is 84.4 Å². The fourth-order valence-electron chi connectivity index (χ4n) is 0.824. The van der Waals surface area contributed by atoms with Crippen molar-refractivity contribution in [2.75, 3.05) is 13.1 Å². The maximum atomic E-state index is 11.3. The number of amides is 2. The molecule has 0 bridgehead atoms. The van der Waals surface area contributed by atoms with Gasteiger partial charge in [-0.15, -0.1) is 0 Å². The Hall–Kier alpha value is -1.10. The molecular formula is C9H19N3O2. The van der Waals surface area contributed by atoms with Crippen molar-refractivity contribution in [2.24, 2.45) is 11.7 Å². The van der Waals surface area contributed by atoms with E-state index in [1.54, 1.807) is 6.92 Å². The zero-order valence-corrected chi connectivity index (χ0v) is 8.96. The van der Waals surface area contributed by atoms with Gasteiger partial charge in [-0.25, -0.2) is 0 Å². The second-order valence-electron chi connectivity index (χ2n) is 3.63. The molecule has 0 saturated carbocycles. The van der Waals surface area contributed by atoms with E-state index in [9.17, 15) is 9.59 Å². The molecule has 0 aliphatic heterocycles. The minimum absolute atomic E-state index is 0.0954. The van der Waals surface area contributed by atoms with E-state index in [-0.39, 0.29) is 18.4 Å². The molecule has 1 unspecified atom stereocenters. The van der Waals surface area contributed by atoms with Crippen molar-refractivity contribution in [3.63, 3.8) is 0 Å². The Balaban J connectivity index is 3.82. The average molecular weight is 201 g/mol. The fraction of sp³-hybridized carbons (Fsp3) is 0.778. The molecule has 82 valence electrons. The van der Waals surface area contributed by atoms with E-state index in [2.05, 4.69) is 10.6 Å². The van der Waals surface area contributed by atoms with Gasteiger partial charge in [0.1, 0.15) is 6.04 Å². The van der Waals surface area contributed by atoms with Gasteiger partial charge in [-0.2, -0.15) is 0 Å². The SMILES string of the molecule is CC(C)CNC(=O)C(C)NC(=O)CN. The fourth-order valence-corrected chi connectivity index (χ4v) is 0.824. The van der Waals surface area contributed by atoms with E-state index in [0.717, 1.165) is 0 Å². The summed E-state index contributed by atoms with van der Waals surface area (Å²) in [7, 11) is 0. The molecule has 0 fully saturated rings. The highest BCUT2D eigenvalue weighted by atomic mass is 16.2. The zero-order valence-electron chi connectivity index (χ0n) is 8.96.